The third-order valence-electron chi connectivity index (χ3n) is 3.23. The van der Waals surface area contributed by atoms with Gasteiger partial charge in [-0.05, 0) is 43.5 Å². The molecule has 112 valence electrons. The van der Waals surface area contributed by atoms with E-state index in [2.05, 4.69) is 0 Å². The normalized spacial score (nSPS) is 14.0. The van der Waals surface area contributed by atoms with Crippen molar-refractivity contribution >= 4 is 17.5 Å². The number of unbranched alkanes of at least 4 members (excludes halogenated alkanes) is 3. The van der Waals surface area contributed by atoms with Crippen LogP contribution in [0.2, 0.25) is 0 Å². The molecule has 0 atom stereocenters. The molecule has 2 amide bonds. The Morgan fingerprint density at radius 2 is 1.52 bits per heavy atom. The Morgan fingerprint density at radius 1 is 0.905 bits per heavy atom. The predicted octanol–water partition coefficient (Wildman–Crippen LogP) is 2.05. The van der Waals surface area contributed by atoms with E-state index < -0.39 is 0 Å². The first kappa shape index (κ1) is 15.3. The number of aliphatic hydroxyl groups is 1. The van der Waals surface area contributed by atoms with Crippen LogP contribution < -0.4 is 9.64 Å². The van der Waals surface area contributed by atoms with Crippen LogP contribution in [0.1, 0.15) is 25.7 Å². The first-order valence-electron chi connectivity index (χ1n) is 7.12. The molecule has 0 radical (unpaired) electrons. The fraction of sp³-hybridized carbons (Fsp3) is 0.375. The summed E-state index contributed by atoms with van der Waals surface area (Å²) in [6.45, 7) is 0.860. The second-order valence-electron chi connectivity index (χ2n) is 4.83. The SMILES string of the molecule is O=C1C=CC(=O)N1c1ccc(OCCCCCCO)cc1. The van der Waals surface area contributed by atoms with E-state index in [1.807, 2.05) is 0 Å². The van der Waals surface area contributed by atoms with Crippen molar-refractivity contribution in [3.63, 3.8) is 0 Å². The number of carbonyl (C=O) groups excluding carboxylic acids is 2. The standard InChI is InChI=1S/C16H19NO4/c18-11-3-1-2-4-12-21-14-7-5-13(6-8-14)17-15(19)9-10-16(17)20/h5-10,18H,1-4,11-12H2. The summed E-state index contributed by atoms with van der Waals surface area (Å²) in [5, 5.41) is 8.67. The highest BCUT2D eigenvalue weighted by atomic mass is 16.5. The number of hydrogen-bond acceptors (Lipinski definition) is 4. The molecule has 1 aliphatic rings. The van der Waals surface area contributed by atoms with E-state index in [-0.39, 0.29) is 18.4 Å². The highest BCUT2D eigenvalue weighted by Gasteiger charge is 2.24. The van der Waals surface area contributed by atoms with Crippen LogP contribution in [-0.2, 0) is 9.59 Å². The van der Waals surface area contributed by atoms with E-state index in [0.717, 1.165) is 30.6 Å². The summed E-state index contributed by atoms with van der Waals surface area (Å²) in [6.07, 6.45) is 6.33. The second kappa shape index (κ2) is 7.59. The number of benzene rings is 1. The smallest absolute Gasteiger partial charge is 0.258 e. The highest BCUT2D eigenvalue weighted by molar-refractivity contribution is 6.28. The molecule has 1 aromatic carbocycles. The van der Waals surface area contributed by atoms with Crippen molar-refractivity contribution in [1.82, 2.24) is 0 Å². The van der Waals surface area contributed by atoms with Crippen molar-refractivity contribution in [3.05, 3.63) is 36.4 Å². The van der Waals surface area contributed by atoms with Gasteiger partial charge >= 0.3 is 0 Å². The summed E-state index contributed by atoms with van der Waals surface area (Å²) in [7, 11) is 0. The van der Waals surface area contributed by atoms with E-state index in [1.165, 1.54) is 12.2 Å². The summed E-state index contributed by atoms with van der Waals surface area (Å²) in [4.78, 5) is 24.2. The number of hydrogen-bond donors (Lipinski definition) is 1. The zero-order valence-corrected chi connectivity index (χ0v) is 11.8. The molecule has 0 saturated heterocycles. The van der Waals surface area contributed by atoms with Crippen LogP contribution >= 0.6 is 0 Å². The maximum Gasteiger partial charge on any atom is 0.258 e. The lowest BCUT2D eigenvalue weighted by molar-refractivity contribution is -0.119. The van der Waals surface area contributed by atoms with Crippen molar-refractivity contribution < 1.29 is 19.4 Å². The molecule has 0 aromatic heterocycles. The summed E-state index contributed by atoms with van der Waals surface area (Å²) in [5.41, 5.74) is 0.547. The second-order valence-corrected chi connectivity index (χ2v) is 4.83. The quantitative estimate of drug-likeness (QED) is 0.587. The average Bonchev–Trinajstić information content (AvgIpc) is 2.83. The van der Waals surface area contributed by atoms with Crippen LogP contribution in [0.3, 0.4) is 0 Å². The lowest BCUT2D eigenvalue weighted by Crippen LogP contribution is -2.29. The minimum Gasteiger partial charge on any atom is -0.494 e. The predicted molar refractivity (Wildman–Crippen MR) is 79.1 cm³/mol. The topological polar surface area (TPSA) is 66.8 Å². The van der Waals surface area contributed by atoms with Gasteiger partial charge in [-0.15, -0.1) is 0 Å². The molecule has 0 fully saturated rings. The van der Waals surface area contributed by atoms with Gasteiger partial charge in [-0.25, -0.2) is 4.90 Å². The van der Waals surface area contributed by atoms with Gasteiger partial charge in [-0.1, -0.05) is 6.42 Å². The minimum absolute atomic E-state index is 0.241. The lowest BCUT2D eigenvalue weighted by atomic mass is 10.2. The number of carbonyl (C=O) groups is 2. The van der Waals surface area contributed by atoms with E-state index in [1.54, 1.807) is 24.3 Å². The van der Waals surface area contributed by atoms with Gasteiger partial charge in [0.15, 0.2) is 0 Å². The van der Waals surface area contributed by atoms with Gasteiger partial charge in [0.2, 0.25) is 0 Å². The van der Waals surface area contributed by atoms with Gasteiger partial charge in [0.05, 0.1) is 12.3 Å². The fourth-order valence-corrected chi connectivity index (χ4v) is 2.10. The van der Waals surface area contributed by atoms with Gasteiger partial charge in [0.1, 0.15) is 5.75 Å². The summed E-state index contributed by atoms with van der Waals surface area (Å²) in [6, 6.07) is 6.90. The Hall–Kier alpha value is -2.14. The van der Waals surface area contributed by atoms with Crippen molar-refractivity contribution in [2.24, 2.45) is 0 Å². The van der Waals surface area contributed by atoms with Crippen LogP contribution in [0.25, 0.3) is 0 Å². The van der Waals surface area contributed by atoms with E-state index in [4.69, 9.17) is 9.84 Å². The maximum atomic E-state index is 11.5. The molecule has 1 N–H and O–H groups in total. The molecule has 2 rings (SSSR count). The Labute approximate surface area is 123 Å². The van der Waals surface area contributed by atoms with Crippen LogP contribution in [0.4, 0.5) is 5.69 Å². The number of amides is 2. The summed E-state index contributed by atoms with van der Waals surface area (Å²) < 4.78 is 5.59. The number of anilines is 1. The Balaban J connectivity index is 1.80. The number of rotatable bonds is 8. The number of aliphatic hydroxyl groups excluding tert-OH is 1. The minimum atomic E-state index is -0.322. The lowest BCUT2D eigenvalue weighted by Gasteiger charge is -2.14. The Morgan fingerprint density at radius 3 is 2.14 bits per heavy atom. The van der Waals surface area contributed by atoms with Crippen molar-refractivity contribution in [3.8, 4) is 5.75 Å². The largest absolute Gasteiger partial charge is 0.494 e. The molecule has 1 heterocycles. The Bertz CT molecular complexity index is 504. The van der Waals surface area contributed by atoms with E-state index >= 15 is 0 Å². The average molecular weight is 289 g/mol. The molecular formula is C16H19NO4. The van der Waals surface area contributed by atoms with Crippen LogP contribution in [0.15, 0.2) is 36.4 Å². The zero-order chi connectivity index (χ0) is 15.1. The van der Waals surface area contributed by atoms with E-state index in [9.17, 15) is 9.59 Å². The van der Waals surface area contributed by atoms with Gasteiger partial charge in [0, 0.05) is 18.8 Å². The van der Waals surface area contributed by atoms with Crippen LogP contribution in [-0.4, -0.2) is 30.1 Å². The molecule has 1 aliphatic heterocycles. The van der Waals surface area contributed by atoms with Crippen LogP contribution in [0.5, 0.6) is 5.75 Å². The maximum absolute atomic E-state index is 11.5. The molecule has 0 unspecified atom stereocenters. The number of ether oxygens (including phenoxy) is 1. The number of nitrogens with zero attached hydrogens (tertiary/aromatic N) is 1. The van der Waals surface area contributed by atoms with Crippen molar-refractivity contribution in [1.29, 1.82) is 0 Å². The van der Waals surface area contributed by atoms with E-state index in [0.29, 0.717) is 18.0 Å². The molecule has 0 aliphatic carbocycles. The highest BCUT2D eigenvalue weighted by Crippen LogP contribution is 2.22. The Kier molecular flexibility index (Phi) is 5.51. The first-order valence-corrected chi connectivity index (χ1v) is 7.12. The van der Waals surface area contributed by atoms with Gasteiger partial charge in [-0.3, -0.25) is 9.59 Å². The number of imide groups is 1. The molecule has 0 spiro atoms. The molecule has 0 bridgehead atoms. The molecule has 5 nitrogen and oxygen atoms in total. The van der Waals surface area contributed by atoms with Gasteiger partial charge in [0.25, 0.3) is 11.8 Å². The van der Waals surface area contributed by atoms with Crippen molar-refractivity contribution in [2.75, 3.05) is 18.1 Å². The molecule has 1 aromatic rings. The first-order chi connectivity index (χ1) is 10.2. The van der Waals surface area contributed by atoms with Gasteiger partial charge < -0.3 is 9.84 Å². The summed E-state index contributed by atoms with van der Waals surface area (Å²) in [5.74, 6) is 0.0723. The molecule has 21 heavy (non-hydrogen) atoms. The summed E-state index contributed by atoms with van der Waals surface area (Å²) >= 11 is 0. The fourth-order valence-electron chi connectivity index (χ4n) is 2.10. The third kappa shape index (κ3) is 4.16. The van der Waals surface area contributed by atoms with Gasteiger partial charge in [-0.2, -0.15) is 0 Å². The molecular weight excluding hydrogens is 270 g/mol. The monoisotopic (exact) mass is 289 g/mol. The molecule has 5 heteroatoms. The molecule has 0 saturated carbocycles. The van der Waals surface area contributed by atoms with Crippen molar-refractivity contribution in [2.45, 2.75) is 25.7 Å². The zero-order valence-electron chi connectivity index (χ0n) is 11.8. The third-order valence-corrected chi connectivity index (χ3v) is 3.23. The van der Waals surface area contributed by atoms with Crippen LogP contribution in [0, 0.1) is 0 Å².